The zero-order valence-corrected chi connectivity index (χ0v) is 13.6. The summed E-state index contributed by atoms with van der Waals surface area (Å²) >= 11 is 0. The lowest BCUT2D eigenvalue weighted by molar-refractivity contribution is -0.243. The number of carbonyl (C=O) groups is 2. The van der Waals surface area contributed by atoms with E-state index in [0.717, 1.165) is 19.9 Å². The van der Waals surface area contributed by atoms with Gasteiger partial charge in [0.1, 0.15) is 31.0 Å². The van der Waals surface area contributed by atoms with E-state index in [4.69, 9.17) is 14.2 Å². The third-order valence-corrected chi connectivity index (χ3v) is 3.75. The molecule has 3 N–H and O–H groups in total. The molecular formula is C16H19FO8. The summed E-state index contributed by atoms with van der Waals surface area (Å²) in [5.41, 5.74) is -0.194. The van der Waals surface area contributed by atoms with Crippen LogP contribution in [0.25, 0.3) is 0 Å². The number of carbonyl (C=O) groups excluding carboxylic acids is 2. The van der Waals surface area contributed by atoms with Crippen LogP contribution >= 0.6 is 0 Å². The maximum Gasteiger partial charge on any atom is 0.303 e. The van der Waals surface area contributed by atoms with Crippen LogP contribution in [-0.4, -0.2) is 58.3 Å². The first-order valence-corrected chi connectivity index (χ1v) is 7.52. The highest BCUT2D eigenvalue weighted by atomic mass is 19.1. The van der Waals surface area contributed by atoms with Crippen LogP contribution in [0.1, 0.15) is 25.5 Å². The number of halogens is 1. The van der Waals surface area contributed by atoms with Crippen molar-refractivity contribution in [1.82, 2.24) is 0 Å². The van der Waals surface area contributed by atoms with Crippen LogP contribution in [0.3, 0.4) is 0 Å². The van der Waals surface area contributed by atoms with Crippen molar-refractivity contribution in [2.45, 2.75) is 44.4 Å². The minimum atomic E-state index is -1.64. The van der Waals surface area contributed by atoms with Crippen molar-refractivity contribution in [3.05, 3.63) is 29.6 Å². The van der Waals surface area contributed by atoms with E-state index < -0.39 is 54.0 Å². The standard InChI is InChI=1S/C16H19FO8/c1-7(18)23-6-11-16(24-8(2)19)14(22)13(21)15(25-11)9-4-3-5-10(20)12(9)17/h3-5,11,13-16,20-22H,6H2,1-2H3/t11-,13+,14-,15-,16-/m1/s1. The Balaban J connectivity index is 2.32. The number of esters is 2. The van der Waals surface area contributed by atoms with Gasteiger partial charge in [0.2, 0.25) is 0 Å². The number of rotatable bonds is 4. The SMILES string of the molecule is CC(=O)OC[C@H]1O[C@H](c2cccc(O)c2F)[C@@H](O)[C@@H](O)[C@@H]1OC(C)=O. The van der Waals surface area contributed by atoms with Gasteiger partial charge in [-0.1, -0.05) is 12.1 Å². The molecule has 138 valence electrons. The van der Waals surface area contributed by atoms with E-state index >= 15 is 0 Å². The van der Waals surface area contributed by atoms with Gasteiger partial charge in [-0.3, -0.25) is 9.59 Å². The Morgan fingerprint density at radius 1 is 1.20 bits per heavy atom. The van der Waals surface area contributed by atoms with Gasteiger partial charge in [-0.15, -0.1) is 0 Å². The zero-order valence-electron chi connectivity index (χ0n) is 13.6. The van der Waals surface area contributed by atoms with Gasteiger partial charge in [-0.2, -0.15) is 0 Å². The first-order chi connectivity index (χ1) is 11.7. The number of ether oxygens (including phenoxy) is 3. The first kappa shape index (κ1) is 19.1. The maximum absolute atomic E-state index is 14.1. The summed E-state index contributed by atoms with van der Waals surface area (Å²) in [6.45, 7) is 1.87. The number of aromatic hydroxyl groups is 1. The molecule has 0 amide bonds. The predicted octanol–water partition coefficient (Wildman–Crippen LogP) is 0.188. The molecule has 1 aliphatic rings. The minimum absolute atomic E-state index is 0.194. The van der Waals surface area contributed by atoms with E-state index in [2.05, 4.69) is 0 Å². The second-order valence-corrected chi connectivity index (χ2v) is 5.63. The number of hydrogen-bond donors (Lipinski definition) is 3. The van der Waals surface area contributed by atoms with E-state index in [1.807, 2.05) is 0 Å². The smallest absolute Gasteiger partial charge is 0.303 e. The van der Waals surface area contributed by atoms with Gasteiger partial charge >= 0.3 is 11.9 Å². The molecule has 25 heavy (non-hydrogen) atoms. The largest absolute Gasteiger partial charge is 0.505 e. The van der Waals surface area contributed by atoms with Crippen molar-refractivity contribution in [2.75, 3.05) is 6.61 Å². The molecule has 1 aliphatic heterocycles. The van der Waals surface area contributed by atoms with Crippen molar-refractivity contribution in [3.63, 3.8) is 0 Å². The van der Waals surface area contributed by atoms with Crippen LogP contribution in [0.15, 0.2) is 18.2 Å². The lowest BCUT2D eigenvalue weighted by atomic mass is 9.90. The average molecular weight is 358 g/mol. The van der Waals surface area contributed by atoms with Gasteiger partial charge in [0.15, 0.2) is 17.7 Å². The molecule has 1 aromatic rings. The highest BCUT2D eigenvalue weighted by Crippen LogP contribution is 2.36. The van der Waals surface area contributed by atoms with Crippen molar-refractivity contribution >= 4 is 11.9 Å². The van der Waals surface area contributed by atoms with Crippen LogP contribution in [0, 0.1) is 5.82 Å². The lowest BCUT2D eigenvalue weighted by Gasteiger charge is -2.42. The second-order valence-electron chi connectivity index (χ2n) is 5.63. The molecule has 0 bridgehead atoms. The summed E-state index contributed by atoms with van der Waals surface area (Å²) in [7, 11) is 0. The molecule has 0 aliphatic carbocycles. The molecule has 0 spiro atoms. The van der Waals surface area contributed by atoms with Crippen LogP contribution in [0.2, 0.25) is 0 Å². The van der Waals surface area contributed by atoms with Gasteiger partial charge < -0.3 is 29.5 Å². The second kappa shape index (κ2) is 7.77. The summed E-state index contributed by atoms with van der Waals surface area (Å²) in [6, 6.07) is 3.72. The van der Waals surface area contributed by atoms with Crippen molar-refractivity contribution in [1.29, 1.82) is 0 Å². The fraction of sp³-hybridized carbons (Fsp3) is 0.500. The number of hydrogen-bond acceptors (Lipinski definition) is 8. The quantitative estimate of drug-likeness (QED) is 0.652. The van der Waals surface area contributed by atoms with Crippen molar-refractivity contribution in [2.24, 2.45) is 0 Å². The minimum Gasteiger partial charge on any atom is -0.505 e. The number of benzene rings is 1. The Morgan fingerprint density at radius 2 is 1.88 bits per heavy atom. The molecule has 9 heteroatoms. The topological polar surface area (TPSA) is 123 Å². The van der Waals surface area contributed by atoms with Gasteiger partial charge in [0, 0.05) is 19.4 Å². The zero-order chi connectivity index (χ0) is 18.7. The first-order valence-electron chi connectivity index (χ1n) is 7.52. The monoisotopic (exact) mass is 358 g/mol. The molecule has 8 nitrogen and oxygen atoms in total. The molecule has 1 heterocycles. The summed E-state index contributed by atoms with van der Waals surface area (Å²) in [6.07, 6.45) is -7.09. The summed E-state index contributed by atoms with van der Waals surface area (Å²) in [4.78, 5) is 22.2. The van der Waals surface area contributed by atoms with E-state index in [1.165, 1.54) is 12.1 Å². The van der Waals surface area contributed by atoms with Crippen LogP contribution in [0.4, 0.5) is 4.39 Å². The maximum atomic E-state index is 14.1. The number of aliphatic hydroxyl groups excluding tert-OH is 2. The number of phenols is 1. The highest BCUT2D eigenvalue weighted by molar-refractivity contribution is 5.66. The van der Waals surface area contributed by atoms with Gasteiger partial charge in [0.05, 0.1) is 0 Å². The van der Waals surface area contributed by atoms with Crippen LogP contribution in [0.5, 0.6) is 5.75 Å². The van der Waals surface area contributed by atoms with E-state index in [9.17, 15) is 29.3 Å². The van der Waals surface area contributed by atoms with E-state index in [1.54, 1.807) is 0 Å². The molecular weight excluding hydrogens is 339 g/mol. The van der Waals surface area contributed by atoms with Crippen molar-refractivity contribution in [3.8, 4) is 5.75 Å². The summed E-state index contributed by atoms with van der Waals surface area (Å²) in [5.74, 6) is -3.04. The Labute approximate surface area is 142 Å². The molecule has 0 saturated carbocycles. The molecule has 0 radical (unpaired) electrons. The third kappa shape index (κ3) is 4.25. The summed E-state index contributed by atoms with van der Waals surface area (Å²) < 4.78 is 29.5. The normalized spacial score (nSPS) is 29.1. The predicted molar refractivity (Wildman–Crippen MR) is 79.9 cm³/mol. The number of aliphatic hydroxyl groups is 2. The Morgan fingerprint density at radius 3 is 2.48 bits per heavy atom. The molecule has 1 saturated heterocycles. The van der Waals surface area contributed by atoms with Crippen LogP contribution in [-0.2, 0) is 23.8 Å². The molecule has 5 atom stereocenters. The Hall–Kier alpha value is -2.23. The van der Waals surface area contributed by atoms with E-state index in [-0.39, 0.29) is 12.2 Å². The van der Waals surface area contributed by atoms with Gasteiger partial charge in [0.25, 0.3) is 0 Å². The van der Waals surface area contributed by atoms with Crippen LogP contribution < -0.4 is 0 Å². The van der Waals surface area contributed by atoms with Gasteiger partial charge in [-0.25, -0.2) is 4.39 Å². The lowest BCUT2D eigenvalue weighted by Crippen LogP contribution is -2.57. The average Bonchev–Trinajstić information content (AvgIpc) is 2.54. The fourth-order valence-electron chi connectivity index (χ4n) is 2.62. The molecule has 2 rings (SSSR count). The Bertz CT molecular complexity index is 649. The Kier molecular flexibility index (Phi) is 5.93. The highest BCUT2D eigenvalue weighted by Gasteiger charge is 2.48. The molecule has 1 aromatic carbocycles. The van der Waals surface area contributed by atoms with E-state index in [0.29, 0.717) is 0 Å². The van der Waals surface area contributed by atoms with Crippen molar-refractivity contribution < 1.29 is 43.5 Å². The molecule has 1 fully saturated rings. The molecule has 0 aromatic heterocycles. The molecule has 0 unspecified atom stereocenters. The fourth-order valence-corrected chi connectivity index (χ4v) is 2.62. The third-order valence-electron chi connectivity index (χ3n) is 3.75. The summed E-state index contributed by atoms with van der Waals surface area (Å²) in [5, 5.41) is 30.0. The van der Waals surface area contributed by atoms with Gasteiger partial charge in [-0.05, 0) is 6.07 Å². The number of phenolic OH excluding ortho intramolecular Hbond substituents is 1.